The van der Waals surface area contributed by atoms with Gasteiger partial charge in [-0.25, -0.2) is 0 Å². The Hall–Kier alpha value is -1.10. The Bertz CT molecular complexity index is 248. The number of piperazine rings is 1. The summed E-state index contributed by atoms with van der Waals surface area (Å²) in [6.45, 7) is 2.35. The molecule has 0 aliphatic carbocycles. The standard InChI is InChI=1S/C9H15N3O2/c13-8-6-12(5-4-11-8)9(14)7-2-1-3-10-7/h7,10H,1-6H2,(H,11,13). The summed E-state index contributed by atoms with van der Waals surface area (Å²) >= 11 is 0. The van der Waals surface area contributed by atoms with Crippen molar-refractivity contribution in [2.45, 2.75) is 18.9 Å². The van der Waals surface area contributed by atoms with Gasteiger partial charge in [-0.15, -0.1) is 0 Å². The van der Waals surface area contributed by atoms with Crippen LogP contribution in [0.25, 0.3) is 0 Å². The summed E-state index contributed by atoms with van der Waals surface area (Å²) in [7, 11) is 0. The lowest BCUT2D eigenvalue weighted by Gasteiger charge is -2.28. The average Bonchev–Trinajstić information content (AvgIpc) is 2.69. The number of nitrogens with one attached hydrogen (secondary N) is 2. The van der Waals surface area contributed by atoms with E-state index in [2.05, 4.69) is 10.6 Å². The number of carbonyl (C=O) groups excluding carboxylic acids is 2. The predicted octanol–water partition coefficient (Wildman–Crippen LogP) is -1.30. The maximum absolute atomic E-state index is 11.8. The lowest BCUT2D eigenvalue weighted by atomic mass is 10.2. The minimum absolute atomic E-state index is 0.0532. The summed E-state index contributed by atoms with van der Waals surface area (Å²) in [5.41, 5.74) is 0. The van der Waals surface area contributed by atoms with Gasteiger partial charge >= 0.3 is 0 Å². The van der Waals surface area contributed by atoms with Gasteiger partial charge in [0, 0.05) is 13.1 Å². The Morgan fingerprint density at radius 1 is 1.43 bits per heavy atom. The van der Waals surface area contributed by atoms with Crippen LogP contribution in [0, 0.1) is 0 Å². The highest BCUT2D eigenvalue weighted by Crippen LogP contribution is 2.09. The van der Waals surface area contributed by atoms with E-state index in [9.17, 15) is 9.59 Å². The van der Waals surface area contributed by atoms with Crippen molar-refractivity contribution < 1.29 is 9.59 Å². The monoisotopic (exact) mass is 197 g/mol. The first-order chi connectivity index (χ1) is 6.77. The van der Waals surface area contributed by atoms with Gasteiger partial charge in [-0.05, 0) is 19.4 Å². The Morgan fingerprint density at radius 2 is 2.29 bits per heavy atom. The van der Waals surface area contributed by atoms with E-state index >= 15 is 0 Å². The minimum Gasteiger partial charge on any atom is -0.353 e. The van der Waals surface area contributed by atoms with Crippen molar-refractivity contribution in [2.75, 3.05) is 26.2 Å². The maximum atomic E-state index is 11.8. The topological polar surface area (TPSA) is 61.4 Å². The zero-order valence-corrected chi connectivity index (χ0v) is 8.08. The van der Waals surface area contributed by atoms with Gasteiger partial charge in [-0.1, -0.05) is 0 Å². The molecular weight excluding hydrogens is 182 g/mol. The van der Waals surface area contributed by atoms with Crippen LogP contribution < -0.4 is 10.6 Å². The number of carbonyl (C=O) groups is 2. The summed E-state index contributed by atoms with van der Waals surface area (Å²) in [6.07, 6.45) is 1.95. The molecular formula is C9H15N3O2. The molecule has 2 rings (SSSR count). The molecule has 0 aromatic heterocycles. The molecule has 2 saturated heterocycles. The van der Waals surface area contributed by atoms with Gasteiger partial charge in [0.25, 0.3) is 0 Å². The molecule has 0 bridgehead atoms. The fourth-order valence-electron chi connectivity index (χ4n) is 1.94. The quantitative estimate of drug-likeness (QED) is 0.549. The highest BCUT2D eigenvalue weighted by atomic mass is 16.2. The molecule has 0 aromatic carbocycles. The van der Waals surface area contributed by atoms with Crippen molar-refractivity contribution >= 4 is 11.8 Å². The summed E-state index contributed by atoms with van der Waals surface area (Å²) < 4.78 is 0. The Labute approximate surface area is 82.8 Å². The molecule has 2 aliphatic heterocycles. The molecule has 0 radical (unpaired) electrons. The second kappa shape index (κ2) is 3.96. The van der Waals surface area contributed by atoms with Crippen LogP contribution in [0.2, 0.25) is 0 Å². The van der Waals surface area contributed by atoms with Gasteiger partial charge in [0.15, 0.2) is 0 Å². The van der Waals surface area contributed by atoms with E-state index in [-0.39, 0.29) is 24.4 Å². The maximum Gasteiger partial charge on any atom is 0.240 e. The molecule has 5 nitrogen and oxygen atoms in total. The summed E-state index contributed by atoms with van der Waals surface area (Å²) in [4.78, 5) is 24.5. The molecule has 2 fully saturated rings. The van der Waals surface area contributed by atoms with E-state index < -0.39 is 0 Å². The SMILES string of the molecule is O=C1CN(C(=O)C2CCCN2)CCN1. The fourth-order valence-corrected chi connectivity index (χ4v) is 1.94. The zero-order chi connectivity index (χ0) is 9.97. The third kappa shape index (κ3) is 1.87. The largest absolute Gasteiger partial charge is 0.353 e. The minimum atomic E-state index is -0.0547. The molecule has 1 unspecified atom stereocenters. The molecule has 78 valence electrons. The van der Waals surface area contributed by atoms with Crippen LogP contribution in [0.5, 0.6) is 0 Å². The predicted molar refractivity (Wildman–Crippen MR) is 50.6 cm³/mol. The third-order valence-electron chi connectivity index (χ3n) is 2.71. The lowest BCUT2D eigenvalue weighted by molar-refractivity contribution is -0.139. The normalized spacial score (nSPS) is 27.6. The first kappa shape index (κ1) is 9.45. The van der Waals surface area contributed by atoms with E-state index in [1.807, 2.05) is 0 Å². The van der Waals surface area contributed by atoms with E-state index in [1.165, 1.54) is 0 Å². The van der Waals surface area contributed by atoms with Crippen LogP contribution >= 0.6 is 0 Å². The molecule has 14 heavy (non-hydrogen) atoms. The molecule has 2 N–H and O–H groups in total. The van der Waals surface area contributed by atoms with Gasteiger partial charge in [0.05, 0.1) is 12.6 Å². The molecule has 2 heterocycles. The molecule has 5 heteroatoms. The number of hydrogen-bond donors (Lipinski definition) is 2. The molecule has 0 spiro atoms. The Balaban J connectivity index is 1.92. The zero-order valence-electron chi connectivity index (χ0n) is 8.08. The number of amides is 2. The summed E-state index contributed by atoms with van der Waals surface area (Å²) in [5.74, 6) is 0.0277. The molecule has 0 saturated carbocycles. The van der Waals surface area contributed by atoms with Gasteiger partial charge < -0.3 is 15.5 Å². The van der Waals surface area contributed by atoms with E-state index in [1.54, 1.807) is 4.90 Å². The van der Waals surface area contributed by atoms with Gasteiger partial charge in [0.2, 0.25) is 11.8 Å². The fraction of sp³-hybridized carbons (Fsp3) is 0.778. The number of rotatable bonds is 1. The van der Waals surface area contributed by atoms with Gasteiger partial charge in [-0.3, -0.25) is 9.59 Å². The third-order valence-corrected chi connectivity index (χ3v) is 2.71. The van der Waals surface area contributed by atoms with Crippen LogP contribution in [0.4, 0.5) is 0 Å². The second-order valence-corrected chi connectivity index (χ2v) is 3.76. The molecule has 2 aliphatic rings. The molecule has 1 atom stereocenters. The lowest BCUT2D eigenvalue weighted by Crippen LogP contribution is -2.54. The van der Waals surface area contributed by atoms with E-state index in [0.717, 1.165) is 19.4 Å². The van der Waals surface area contributed by atoms with E-state index in [4.69, 9.17) is 0 Å². The van der Waals surface area contributed by atoms with Crippen molar-refractivity contribution in [2.24, 2.45) is 0 Å². The van der Waals surface area contributed by atoms with Crippen molar-refractivity contribution in [1.29, 1.82) is 0 Å². The van der Waals surface area contributed by atoms with Crippen LogP contribution in [0.1, 0.15) is 12.8 Å². The van der Waals surface area contributed by atoms with Crippen LogP contribution in [0.3, 0.4) is 0 Å². The van der Waals surface area contributed by atoms with Gasteiger partial charge in [0.1, 0.15) is 0 Å². The van der Waals surface area contributed by atoms with E-state index in [0.29, 0.717) is 13.1 Å². The second-order valence-electron chi connectivity index (χ2n) is 3.76. The first-order valence-corrected chi connectivity index (χ1v) is 5.06. The van der Waals surface area contributed by atoms with Crippen LogP contribution in [-0.2, 0) is 9.59 Å². The number of nitrogens with zero attached hydrogens (tertiary/aromatic N) is 1. The first-order valence-electron chi connectivity index (χ1n) is 5.06. The molecule has 0 aromatic rings. The van der Waals surface area contributed by atoms with Crippen molar-refractivity contribution in [3.8, 4) is 0 Å². The summed E-state index contributed by atoms with van der Waals surface area (Å²) in [6, 6.07) is -0.0547. The smallest absolute Gasteiger partial charge is 0.240 e. The number of hydrogen-bond acceptors (Lipinski definition) is 3. The Morgan fingerprint density at radius 3 is 2.93 bits per heavy atom. The van der Waals surface area contributed by atoms with Crippen molar-refractivity contribution in [3.05, 3.63) is 0 Å². The molecule has 2 amide bonds. The average molecular weight is 197 g/mol. The highest BCUT2D eigenvalue weighted by Gasteiger charge is 2.29. The van der Waals surface area contributed by atoms with Crippen molar-refractivity contribution in [1.82, 2.24) is 15.5 Å². The summed E-state index contributed by atoms with van der Waals surface area (Å²) in [5, 5.41) is 5.85. The van der Waals surface area contributed by atoms with Gasteiger partial charge in [-0.2, -0.15) is 0 Å². The van der Waals surface area contributed by atoms with Crippen molar-refractivity contribution in [3.63, 3.8) is 0 Å². The Kier molecular flexibility index (Phi) is 2.67. The highest BCUT2D eigenvalue weighted by molar-refractivity contribution is 5.88. The van der Waals surface area contributed by atoms with Crippen LogP contribution in [0.15, 0.2) is 0 Å². The van der Waals surface area contributed by atoms with Crippen LogP contribution in [-0.4, -0.2) is 48.9 Å².